The highest BCUT2D eigenvalue weighted by atomic mass is 15.1. The van der Waals surface area contributed by atoms with Gasteiger partial charge < -0.3 is 5.32 Å². The Morgan fingerprint density at radius 2 is 1.88 bits per heavy atom. The lowest BCUT2D eigenvalue weighted by Crippen LogP contribution is -2.30. The smallest absolute Gasteiger partial charge is 0.0794 e. The summed E-state index contributed by atoms with van der Waals surface area (Å²) in [6, 6.07) is 0.736. The van der Waals surface area contributed by atoms with Gasteiger partial charge in [0.15, 0.2) is 0 Å². The van der Waals surface area contributed by atoms with Crippen molar-refractivity contribution in [2.45, 2.75) is 70.4 Å². The highest BCUT2D eigenvalue weighted by Crippen LogP contribution is 2.23. The van der Waals surface area contributed by atoms with Crippen molar-refractivity contribution in [1.82, 2.24) is 15.5 Å². The maximum Gasteiger partial charge on any atom is 0.0794 e. The van der Waals surface area contributed by atoms with Crippen molar-refractivity contribution in [3.8, 4) is 0 Å². The van der Waals surface area contributed by atoms with Crippen LogP contribution in [0.3, 0.4) is 0 Å². The normalized spacial score (nSPS) is 21.4. The van der Waals surface area contributed by atoms with Gasteiger partial charge in [0.2, 0.25) is 0 Å². The lowest BCUT2D eigenvalue weighted by molar-refractivity contribution is 0.370. The molecule has 0 unspecified atom stereocenters. The summed E-state index contributed by atoms with van der Waals surface area (Å²) in [6.45, 7) is 0.969. The molecule has 0 aromatic carbocycles. The topological polar surface area (TPSA) is 40.7 Å². The highest BCUT2D eigenvalue weighted by Gasteiger charge is 2.18. The van der Waals surface area contributed by atoms with Gasteiger partial charge in [0.05, 0.1) is 5.69 Å². The van der Waals surface area contributed by atoms with E-state index in [0.717, 1.165) is 12.6 Å². The lowest BCUT2D eigenvalue weighted by atomic mass is 9.94. The maximum absolute atomic E-state index is 4.49. The van der Waals surface area contributed by atoms with Crippen LogP contribution in [0.1, 0.15) is 61.9 Å². The Balaban J connectivity index is 1.59. The van der Waals surface area contributed by atoms with Gasteiger partial charge in [-0.3, -0.25) is 5.10 Å². The van der Waals surface area contributed by atoms with Crippen LogP contribution < -0.4 is 5.32 Å². The molecule has 17 heavy (non-hydrogen) atoms. The summed E-state index contributed by atoms with van der Waals surface area (Å²) in [5.41, 5.74) is 4.20. The van der Waals surface area contributed by atoms with Crippen molar-refractivity contribution in [3.05, 3.63) is 17.0 Å². The summed E-state index contributed by atoms with van der Waals surface area (Å²) < 4.78 is 0. The van der Waals surface area contributed by atoms with Gasteiger partial charge in [-0.05, 0) is 44.1 Å². The van der Waals surface area contributed by atoms with E-state index < -0.39 is 0 Å². The monoisotopic (exact) mass is 233 g/mol. The van der Waals surface area contributed by atoms with E-state index in [1.807, 2.05) is 0 Å². The molecule has 3 rings (SSSR count). The summed E-state index contributed by atoms with van der Waals surface area (Å²) in [6.07, 6.45) is 12.0. The first kappa shape index (κ1) is 11.3. The first-order valence-corrected chi connectivity index (χ1v) is 7.22. The van der Waals surface area contributed by atoms with Crippen molar-refractivity contribution in [3.63, 3.8) is 0 Å². The zero-order chi connectivity index (χ0) is 11.5. The van der Waals surface area contributed by atoms with E-state index in [-0.39, 0.29) is 0 Å². The predicted molar refractivity (Wildman–Crippen MR) is 68.9 cm³/mol. The zero-order valence-electron chi connectivity index (χ0n) is 10.6. The molecule has 0 aliphatic heterocycles. The van der Waals surface area contributed by atoms with E-state index in [1.54, 1.807) is 0 Å². The molecule has 2 N–H and O–H groups in total. The first-order valence-electron chi connectivity index (χ1n) is 7.22. The van der Waals surface area contributed by atoms with Crippen LogP contribution in [0, 0.1) is 0 Å². The van der Waals surface area contributed by atoms with E-state index in [2.05, 4.69) is 15.5 Å². The Bertz CT molecular complexity index is 364. The number of aromatic nitrogens is 2. The molecule has 1 heterocycles. The van der Waals surface area contributed by atoms with Crippen LogP contribution in [-0.4, -0.2) is 16.2 Å². The molecular formula is C14H23N3. The molecule has 1 saturated carbocycles. The van der Waals surface area contributed by atoms with E-state index in [9.17, 15) is 0 Å². The number of hydrogen-bond acceptors (Lipinski definition) is 2. The number of nitrogens with one attached hydrogen (secondary N) is 2. The molecule has 0 amide bonds. The van der Waals surface area contributed by atoms with E-state index >= 15 is 0 Å². The van der Waals surface area contributed by atoms with Gasteiger partial charge in [-0.25, -0.2) is 0 Å². The third-order valence-electron chi connectivity index (χ3n) is 4.31. The standard InChI is InChI=1S/C14H23N3/c1-2-6-11(7-3-1)15-10-14-12-8-4-5-9-13(12)16-17-14/h11,15H,1-10H2,(H,16,17). The van der Waals surface area contributed by atoms with Crippen molar-refractivity contribution in [2.24, 2.45) is 0 Å². The van der Waals surface area contributed by atoms with Gasteiger partial charge in [0.25, 0.3) is 0 Å². The fourth-order valence-electron chi connectivity index (χ4n) is 3.24. The van der Waals surface area contributed by atoms with Crippen LogP contribution >= 0.6 is 0 Å². The Morgan fingerprint density at radius 1 is 1.06 bits per heavy atom. The van der Waals surface area contributed by atoms with Crippen molar-refractivity contribution in [1.29, 1.82) is 0 Å². The minimum atomic E-state index is 0.736. The number of aryl methyl sites for hydroxylation is 1. The largest absolute Gasteiger partial charge is 0.308 e. The number of hydrogen-bond donors (Lipinski definition) is 2. The maximum atomic E-state index is 4.49. The minimum Gasteiger partial charge on any atom is -0.308 e. The van der Waals surface area contributed by atoms with Crippen molar-refractivity contribution in [2.75, 3.05) is 0 Å². The van der Waals surface area contributed by atoms with E-state index in [1.165, 1.54) is 74.7 Å². The summed E-state index contributed by atoms with van der Waals surface area (Å²) in [5, 5.41) is 11.4. The number of fused-ring (bicyclic) bond motifs is 1. The predicted octanol–water partition coefficient (Wildman–Crippen LogP) is 2.71. The average Bonchev–Trinajstić information content (AvgIpc) is 2.81. The highest BCUT2D eigenvalue weighted by molar-refractivity contribution is 5.27. The number of nitrogens with zero attached hydrogens (tertiary/aromatic N) is 1. The van der Waals surface area contributed by atoms with E-state index in [4.69, 9.17) is 0 Å². The number of H-pyrrole nitrogens is 1. The molecule has 3 nitrogen and oxygen atoms in total. The Labute approximate surface area is 103 Å². The summed E-state index contributed by atoms with van der Waals surface area (Å²) in [4.78, 5) is 0. The molecule has 3 heteroatoms. The van der Waals surface area contributed by atoms with Crippen molar-refractivity contribution < 1.29 is 0 Å². The first-order chi connectivity index (χ1) is 8.43. The Kier molecular flexibility index (Phi) is 3.46. The van der Waals surface area contributed by atoms with E-state index in [0.29, 0.717) is 0 Å². The molecule has 0 bridgehead atoms. The zero-order valence-corrected chi connectivity index (χ0v) is 10.6. The van der Waals surface area contributed by atoms with Crippen LogP contribution in [0.2, 0.25) is 0 Å². The molecule has 1 aromatic rings. The molecule has 1 fully saturated rings. The molecular weight excluding hydrogens is 210 g/mol. The van der Waals surface area contributed by atoms with Gasteiger partial charge in [-0.15, -0.1) is 0 Å². The quantitative estimate of drug-likeness (QED) is 0.842. The van der Waals surface area contributed by atoms with Gasteiger partial charge in [-0.1, -0.05) is 19.3 Å². The van der Waals surface area contributed by atoms with Crippen LogP contribution in [0.5, 0.6) is 0 Å². The molecule has 2 aliphatic rings. The molecule has 0 atom stereocenters. The Morgan fingerprint density at radius 3 is 2.76 bits per heavy atom. The van der Waals surface area contributed by atoms with Gasteiger partial charge in [0, 0.05) is 18.3 Å². The van der Waals surface area contributed by atoms with Crippen LogP contribution in [-0.2, 0) is 19.4 Å². The third-order valence-corrected chi connectivity index (χ3v) is 4.31. The van der Waals surface area contributed by atoms with Crippen LogP contribution in [0.15, 0.2) is 0 Å². The van der Waals surface area contributed by atoms with Crippen LogP contribution in [0.25, 0.3) is 0 Å². The lowest BCUT2D eigenvalue weighted by Gasteiger charge is -2.22. The minimum absolute atomic E-state index is 0.736. The van der Waals surface area contributed by atoms with Gasteiger partial charge in [-0.2, -0.15) is 5.10 Å². The van der Waals surface area contributed by atoms with Crippen LogP contribution in [0.4, 0.5) is 0 Å². The average molecular weight is 233 g/mol. The fourth-order valence-corrected chi connectivity index (χ4v) is 3.24. The molecule has 0 saturated heterocycles. The second kappa shape index (κ2) is 5.21. The second-order valence-corrected chi connectivity index (χ2v) is 5.55. The summed E-state index contributed by atoms with van der Waals surface area (Å²) in [5.74, 6) is 0. The Hall–Kier alpha value is -0.830. The molecule has 1 aromatic heterocycles. The van der Waals surface area contributed by atoms with Crippen molar-refractivity contribution >= 4 is 0 Å². The summed E-state index contributed by atoms with van der Waals surface area (Å²) >= 11 is 0. The summed E-state index contributed by atoms with van der Waals surface area (Å²) in [7, 11) is 0. The fraction of sp³-hybridized carbons (Fsp3) is 0.786. The number of rotatable bonds is 3. The molecule has 0 radical (unpaired) electrons. The number of aromatic amines is 1. The molecule has 2 aliphatic carbocycles. The van der Waals surface area contributed by atoms with Gasteiger partial charge in [0.1, 0.15) is 0 Å². The van der Waals surface area contributed by atoms with Gasteiger partial charge >= 0.3 is 0 Å². The molecule has 94 valence electrons. The SMILES string of the molecule is C1CCC(NCc2n[nH]c3c2CCCC3)CC1. The third kappa shape index (κ3) is 2.54. The molecule has 0 spiro atoms. The second-order valence-electron chi connectivity index (χ2n) is 5.55.